The Hall–Kier alpha value is -3.31. The zero-order valence-electron chi connectivity index (χ0n) is 14.5. The molecule has 3 aromatic rings. The highest BCUT2D eigenvalue weighted by Crippen LogP contribution is 2.24. The molecule has 27 heavy (non-hydrogen) atoms. The summed E-state index contributed by atoms with van der Waals surface area (Å²) in [5, 5.41) is 6.03. The van der Waals surface area contributed by atoms with E-state index in [0.29, 0.717) is 33.3 Å². The number of nitrogens with one attached hydrogen (secondary N) is 2. The Kier molecular flexibility index (Phi) is 5.74. The lowest BCUT2D eigenvalue weighted by molar-refractivity contribution is 0.101. The van der Waals surface area contributed by atoms with E-state index in [0.717, 1.165) is 0 Å². The summed E-state index contributed by atoms with van der Waals surface area (Å²) >= 11 is 5.98. The summed E-state index contributed by atoms with van der Waals surface area (Å²) in [7, 11) is 1.49. The van der Waals surface area contributed by atoms with Crippen molar-refractivity contribution in [3.63, 3.8) is 0 Å². The van der Waals surface area contributed by atoms with Crippen molar-refractivity contribution in [3.8, 4) is 5.75 Å². The minimum Gasteiger partial charge on any atom is -0.496 e. The highest BCUT2D eigenvalue weighted by atomic mass is 35.5. The van der Waals surface area contributed by atoms with Gasteiger partial charge >= 0.3 is 0 Å². The molecule has 0 heterocycles. The Morgan fingerprint density at radius 1 is 0.815 bits per heavy atom. The van der Waals surface area contributed by atoms with Crippen LogP contribution in [0.4, 0.5) is 11.4 Å². The lowest BCUT2D eigenvalue weighted by Crippen LogP contribution is -2.14. The molecule has 2 N–H and O–H groups in total. The molecule has 0 unspecified atom stereocenters. The van der Waals surface area contributed by atoms with E-state index in [9.17, 15) is 9.59 Å². The van der Waals surface area contributed by atoms with E-state index in [1.54, 1.807) is 60.7 Å². The minimum absolute atomic E-state index is 0.226. The lowest BCUT2D eigenvalue weighted by Gasteiger charge is -2.11. The van der Waals surface area contributed by atoms with Crippen molar-refractivity contribution in [2.45, 2.75) is 0 Å². The molecular formula is C21H17ClN2O3. The van der Waals surface area contributed by atoms with Gasteiger partial charge < -0.3 is 15.4 Å². The highest BCUT2D eigenvalue weighted by Gasteiger charge is 2.14. The summed E-state index contributed by atoms with van der Waals surface area (Å²) in [4.78, 5) is 24.8. The molecule has 0 aliphatic carbocycles. The molecule has 6 heteroatoms. The van der Waals surface area contributed by atoms with Crippen molar-refractivity contribution in [1.29, 1.82) is 0 Å². The van der Waals surface area contributed by atoms with Crippen LogP contribution in [0, 0.1) is 0 Å². The molecule has 0 aliphatic rings. The molecule has 0 spiro atoms. The Morgan fingerprint density at radius 2 is 1.48 bits per heavy atom. The molecule has 0 aromatic heterocycles. The quantitative estimate of drug-likeness (QED) is 0.664. The maximum Gasteiger partial charge on any atom is 0.259 e. The van der Waals surface area contributed by atoms with Crippen molar-refractivity contribution < 1.29 is 14.3 Å². The minimum atomic E-state index is -0.360. The van der Waals surface area contributed by atoms with Crippen LogP contribution in [0.15, 0.2) is 72.8 Å². The number of carbonyl (C=O) groups is 2. The fourth-order valence-electron chi connectivity index (χ4n) is 2.52. The fourth-order valence-corrected chi connectivity index (χ4v) is 2.70. The second-order valence-corrected chi connectivity index (χ2v) is 6.14. The lowest BCUT2D eigenvalue weighted by atomic mass is 10.1. The van der Waals surface area contributed by atoms with E-state index in [4.69, 9.17) is 16.3 Å². The first-order chi connectivity index (χ1) is 13.1. The van der Waals surface area contributed by atoms with Gasteiger partial charge in [0.2, 0.25) is 0 Å². The molecule has 0 saturated heterocycles. The van der Waals surface area contributed by atoms with Crippen LogP contribution in [0.3, 0.4) is 0 Å². The molecule has 0 saturated carbocycles. The molecule has 0 fully saturated rings. The third-order valence-electron chi connectivity index (χ3n) is 3.82. The second-order valence-electron chi connectivity index (χ2n) is 5.70. The van der Waals surface area contributed by atoms with Gasteiger partial charge in [-0.25, -0.2) is 0 Å². The second kappa shape index (κ2) is 8.38. The molecule has 3 rings (SSSR count). The number of amides is 2. The number of hydrogen-bond donors (Lipinski definition) is 2. The van der Waals surface area contributed by atoms with Crippen LogP contribution in [0.5, 0.6) is 5.75 Å². The fraction of sp³-hybridized carbons (Fsp3) is 0.0476. The molecule has 2 amide bonds. The van der Waals surface area contributed by atoms with Crippen molar-refractivity contribution in [1.82, 2.24) is 0 Å². The SMILES string of the molecule is COc1ccc(Cl)cc1C(=O)Nc1cccc(NC(=O)c2ccccc2)c1. The average Bonchev–Trinajstić information content (AvgIpc) is 2.69. The van der Waals surface area contributed by atoms with Gasteiger partial charge in [0.15, 0.2) is 0 Å². The first-order valence-electron chi connectivity index (χ1n) is 8.18. The molecule has 0 bridgehead atoms. The number of hydrogen-bond acceptors (Lipinski definition) is 3. The van der Waals surface area contributed by atoms with Crippen molar-refractivity contribution in [2.24, 2.45) is 0 Å². The van der Waals surface area contributed by atoms with Crippen LogP contribution in [-0.2, 0) is 0 Å². The average molecular weight is 381 g/mol. The number of rotatable bonds is 5. The summed E-state index contributed by atoms with van der Waals surface area (Å²) in [6.45, 7) is 0. The van der Waals surface area contributed by atoms with Crippen LogP contribution in [-0.4, -0.2) is 18.9 Å². The van der Waals surface area contributed by atoms with Crippen LogP contribution >= 0.6 is 11.6 Å². The Balaban J connectivity index is 1.75. The number of benzene rings is 3. The van der Waals surface area contributed by atoms with Gasteiger partial charge in [0, 0.05) is 22.0 Å². The number of methoxy groups -OCH3 is 1. The van der Waals surface area contributed by atoms with Crippen LogP contribution in [0.1, 0.15) is 20.7 Å². The largest absolute Gasteiger partial charge is 0.496 e. The summed E-state index contributed by atoms with van der Waals surface area (Å²) in [5.41, 5.74) is 1.98. The third-order valence-corrected chi connectivity index (χ3v) is 4.06. The van der Waals surface area contributed by atoms with E-state index >= 15 is 0 Å². The number of carbonyl (C=O) groups excluding carboxylic acids is 2. The van der Waals surface area contributed by atoms with Gasteiger partial charge in [-0.2, -0.15) is 0 Å². The monoisotopic (exact) mass is 380 g/mol. The molecule has 136 valence electrons. The number of ether oxygens (including phenoxy) is 1. The van der Waals surface area contributed by atoms with Gasteiger partial charge in [-0.1, -0.05) is 35.9 Å². The predicted molar refractivity (Wildman–Crippen MR) is 107 cm³/mol. The van der Waals surface area contributed by atoms with E-state index in [-0.39, 0.29) is 11.8 Å². The first kappa shape index (κ1) is 18.5. The van der Waals surface area contributed by atoms with E-state index < -0.39 is 0 Å². The topological polar surface area (TPSA) is 67.4 Å². The van der Waals surface area contributed by atoms with Crippen molar-refractivity contribution in [2.75, 3.05) is 17.7 Å². The summed E-state index contributed by atoms with van der Waals surface area (Å²) in [5.74, 6) is -0.165. The molecule has 0 atom stereocenters. The highest BCUT2D eigenvalue weighted by molar-refractivity contribution is 6.31. The Bertz CT molecular complexity index is 974. The smallest absolute Gasteiger partial charge is 0.259 e. The third kappa shape index (κ3) is 4.65. The summed E-state index contributed by atoms with van der Waals surface area (Å²) in [6.07, 6.45) is 0. The van der Waals surface area contributed by atoms with Gasteiger partial charge in [0.25, 0.3) is 11.8 Å². The maximum atomic E-state index is 12.6. The predicted octanol–water partition coefficient (Wildman–Crippen LogP) is 4.85. The van der Waals surface area contributed by atoms with Crippen molar-refractivity contribution in [3.05, 3.63) is 88.9 Å². The van der Waals surface area contributed by atoms with E-state index in [1.165, 1.54) is 13.2 Å². The zero-order valence-corrected chi connectivity index (χ0v) is 15.3. The Morgan fingerprint density at radius 3 is 2.15 bits per heavy atom. The van der Waals surface area contributed by atoms with Gasteiger partial charge in [-0.15, -0.1) is 0 Å². The molecule has 3 aromatic carbocycles. The van der Waals surface area contributed by atoms with Gasteiger partial charge in [0.1, 0.15) is 5.75 Å². The molecule has 0 radical (unpaired) electrons. The standard InChI is InChI=1S/C21H17ClN2O3/c1-27-19-11-10-15(22)12-18(19)21(26)24-17-9-5-8-16(13-17)23-20(25)14-6-3-2-4-7-14/h2-13H,1H3,(H,23,25)(H,24,26). The van der Waals surface area contributed by atoms with Crippen molar-refractivity contribution >= 4 is 34.8 Å². The molecule has 5 nitrogen and oxygen atoms in total. The Labute approximate surface area is 161 Å². The zero-order chi connectivity index (χ0) is 19.2. The molecular weight excluding hydrogens is 364 g/mol. The van der Waals surface area contributed by atoms with E-state index in [1.807, 2.05) is 6.07 Å². The van der Waals surface area contributed by atoms with Gasteiger partial charge in [-0.05, 0) is 48.5 Å². The van der Waals surface area contributed by atoms with E-state index in [2.05, 4.69) is 10.6 Å². The summed E-state index contributed by atoms with van der Waals surface area (Å²) in [6, 6.07) is 20.6. The molecule has 0 aliphatic heterocycles. The van der Waals surface area contributed by atoms with Crippen LogP contribution in [0.25, 0.3) is 0 Å². The normalized spacial score (nSPS) is 10.1. The van der Waals surface area contributed by atoms with Gasteiger partial charge in [-0.3, -0.25) is 9.59 Å². The van der Waals surface area contributed by atoms with Gasteiger partial charge in [0.05, 0.1) is 12.7 Å². The number of anilines is 2. The van der Waals surface area contributed by atoms with Crippen LogP contribution in [0.2, 0.25) is 5.02 Å². The number of halogens is 1. The first-order valence-corrected chi connectivity index (χ1v) is 8.56. The van der Waals surface area contributed by atoms with Crippen LogP contribution < -0.4 is 15.4 Å². The summed E-state index contributed by atoms with van der Waals surface area (Å²) < 4.78 is 5.21. The maximum absolute atomic E-state index is 12.6.